The molecule has 0 aliphatic carbocycles. The topological polar surface area (TPSA) is 46.5 Å². The van der Waals surface area contributed by atoms with Crippen molar-refractivity contribution in [2.75, 3.05) is 7.11 Å². The minimum Gasteiger partial charge on any atom is -0.496 e. The molecular weight excluding hydrogens is 252 g/mol. The Hall–Kier alpha value is -1.22. The summed E-state index contributed by atoms with van der Waals surface area (Å²) < 4.78 is 5.37. The normalized spacial score (nSPS) is 11.4. The quantitative estimate of drug-likeness (QED) is 0.885. The highest BCUT2D eigenvalue weighted by Crippen LogP contribution is 2.38. The first kappa shape index (κ1) is 14.8. The summed E-state index contributed by atoms with van der Waals surface area (Å²) in [5, 5.41) is 9.47. The van der Waals surface area contributed by atoms with Crippen LogP contribution in [-0.2, 0) is 10.2 Å². The monoisotopic (exact) mass is 270 g/mol. The molecule has 0 heterocycles. The van der Waals surface area contributed by atoms with Gasteiger partial charge in [-0.05, 0) is 36.5 Å². The van der Waals surface area contributed by atoms with Gasteiger partial charge in [0.05, 0.1) is 7.11 Å². The van der Waals surface area contributed by atoms with Crippen LogP contribution >= 0.6 is 11.6 Å². The Bertz CT molecular complexity index is 453. The number of ether oxygens (including phenoxy) is 1. The van der Waals surface area contributed by atoms with Crippen molar-refractivity contribution < 1.29 is 14.6 Å². The predicted octanol–water partition coefficient (Wildman–Crippen LogP) is 3.80. The molecule has 0 aliphatic rings. The molecule has 3 nitrogen and oxygen atoms in total. The van der Waals surface area contributed by atoms with Crippen LogP contribution in [-0.4, -0.2) is 18.2 Å². The van der Waals surface area contributed by atoms with E-state index in [9.17, 15) is 4.79 Å². The number of carboxylic acid groups (broad SMARTS) is 1. The van der Waals surface area contributed by atoms with E-state index >= 15 is 0 Å². The molecule has 0 saturated carbocycles. The second kappa shape index (κ2) is 5.61. The van der Waals surface area contributed by atoms with E-state index < -0.39 is 5.97 Å². The van der Waals surface area contributed by atoms with Crippen molar-refractivity contribution in [3.8, 4) is 5.75 Å². The maximum Gasteiger partial charge on any atom is 0.303 e. The van der Waals surface area contributed by atoms with Crippen LogP contribution in [0.15, 0.2) is 12.1 Å². The third-order valence-corrected chi connectivity index (χ3v) is 3.58. The summed E-state index contributed by atoms with van der Waals surface area (Å²) in [5.41, 5.74) is 1.61. The SMILES string of the molecule is COc1cc(C)c(Cl)cc1C(C)(C)CCC(=O)O. The van der Waals surface area contributed by atoms with E-state index in [0.29, 0.717) is 11.4 Å². The Kier molecular flexibility index (Phi) is 4.63. The number of halogens is 1. The van der Waals surface area contributed by atoms with E-state index in [1.165, 1.54) is 0 Å². The highest BCUT2D eigenvalue weighted by molar-refractivity contribution is 6.31. The number of aliphatic carboxylic acids is 1. The summed E-state index contributed by atoms with van der Waals surface area (Å²) in [5.74, 6) is -0.0347. The molecule has 0 atom stereocenters. The predicted molar refractivity (Wildman–Crippen MR) is 72.6 cm³/mol. The van der Waals surface area contributed by atoms with Gasteiger partial charge in [0.15, 0.2) is 0 Å². The summed E-state index contributed by atoms with van der Waals surface area (Å²) in [6.45, 7) is 5.91. The number of carboxylic acids is 1. The average Bonchev–Trinajstić information content (AvgIpc) is 2.29. The first-order chi connectivity index (χ1) is 8.27. The number of rotatable bonds is 5. The van der Waals surface area contributed by atoms with Gasteiger partial charge in [0, 0.05) is 17.0 Å². The van der Waals surface area contributed by atoms with E-state index in [0.717, 1.165) is 16.9 Å². The number of carbonyl (C=O) groups is 1. The van der Waals surface area contributed by atoms with Crippen molar-refractivity contribution in [3.63, 3.8) is 0 Å². The van der Waals surface area contributed by atoms with Gasteiger partial charge in [0.2, 0.25) is 0 Å². The van der Waals surface area contributed by atoms with Crippen LogP contribution in [0, 0.1) is 6.92 Å². The number of benzene rings is 1. The molecule has 18 heavy (non-hydrogen) atoms. The van der Waals surface area contributed by atoms with Crippen molar-refractivity contribution in [2.24, 2.45) is 0 Å². The van der Waals surface area contributed by atoms with Gasteiger partial charge in [-0.25, -0.2) is 0 Å². The molecule has 0 bridgehead atoms. The van der Waals surface area contributed by atoms with Crippen molar-refractivity contribution >= 4 is 17.6 Å². The van der Waals surface area contributed by atoms with E-state index in [1.54, 1.807) is 7.11 Å². The fraction of sp³-hybridized carbons (Fsp3) is 0.500. The molecular formula is C14H19ClO3. The van der Waals surface area contributed by atoms with E-state index in [4.69, 9.17) is 21.4 Å². The van der Waals surface area contributed by atoms with Gasteiger partial charge in [-0.15, -0.1) is 0 Å². The molecule has 4 heteroatoms. The molecule has 100 valence electrons. The summed E-state index contributed by atoms with van der Waals surface area (Å²) in [4.78, 5) is 10.7. The molecule has 1 N–H and O–H groups in total. The third kappa shape index (κ3) is 3.39. The Labute approximate surface area is 113 Å². The van der Waals surface area contributed by atoms with Crippen LogP contribution in [0.4, 0.5) is 0 Å². The van der Waals surface area contributed by atoms with Gasteiger partial charge in [-0.2, -0.15) is 0 Å². The molecule has 0 saturated heterocycles. The zero-order valence-electron chi connectivity index (χ0n) is 11.2. The number of aryl methyl sites for hydroxylation is 1. The lowest BCUT2D eigenvalue weighted by Crippen LogP contribution is -2.20. The first-order valence-corrected chi connectivity index (χ1v) is 6.22. The van der Waals surface area contributed by atoms with Crippen LogP contribution in [0.1, 0.15) is 37.8 Å². The van der Waals surface area contributed by atoms with E-state index in [-0.39, 0.29) is 11.8 Å². The van der Waals surface area contributed by atoms with Gasteiger partial charge in [0.1, 0.15) is 5.75 Å². The first-order valence-electron chi connectivity index (χ1n) is 5.84. The van der Waals surface area contributed by atoms with Crippen molar-refractivity contribution in [2.45, 2.75) is 39.0 Å². The highest BCUT2D eigenvalue weighted by atomic mass is 35.5. The Morgan fingerprint density at radius 3 is 2.56 bits per heavy atom. The van der Waals surface area contributed by atoms with Gasteiger partial charge < -0.3 is 9.84 Å². The Morgan fingerprint density at radius 2 is 2.06 bits per heavy atom. The van der Waals surface area contributed by atoms with E-state index in [1.807, 2.05) is 32.9 Å². The van der Waals surface area contributed by atoms with Crippen LogP contribution in [0.2, 0.25) is 5.02 Å². The van der Waals surface area contributed by atoms with Crippen LogP contribution in [0.25, 0.3) is 0 Å². The fourth-order valence-electron chi connectivity index (χ4n) is 1.91. The minimum atomic E-state index is -0.791. The smallest absolute Gasteiger partial charge is 0.303 e. The molecule has 0 aromatic heterocycles. The second-order valence-corrected chi connectivity index (χ2v) is 5.49. The average molecular weight is 271 g/mol. The maximum absolute atomic E-state index is 10.7. The summed E-state index contributed by atoms with van der Waals surface area (Å²) in [7, 11) is 1.61. The Morgan fingerprint density at radius 1 is 1.44 bits per heavy atom. The summed E-state index contributed by atoms with van der Waals surface area (Å²) in [6.07, 6.45) is 0.666. The van der Waals surface area contributed by atoms with Crippen molar-refractivity contribution in [1.82, 2.24) is 0 Å². The molecule has 0 fully saturated rings. The van der Waals surface area contributed by atoms with Crippen LogP contribution < -0.4 is 4.74 Å². The van der Waals surface area contributed by atoms with Gasteiger partial charge in [-0.3, -0.25) is 4.79 Å². The highest BCUT2D eigenvalue weighted by Gasteiger charge is 2.26. The molecule has 1 rings (SSSR count). The van der Waals surface area contributed by atoms with E-state index in [2.05, 4.69) is 0 Å². The summed E-state index contributed by atoms with van der Waals surface area (Å²) >= 11 is 6.14. The zero-order chi connectivity index (χ0) is 13.9. The molecule has 1 aromatic carbocycles. The minimum absolute atomic E-state index is 0.127. The van der Waals surface area contributed by atoms with Gasteiger partial charge >= 0.3 is 5.97 Å². The molecule has 0 unspecified atom stereocenters. The molecule has 1 aromatic rings. The molecule has 0 aliphatic heterocycles. The lowest BCUT2D eigenvalue weighted by atomic mass is 9.79. The molecule has 0 radical (unpaired) electrons. The summed E-state index contributed by atoms with van der Waals surface area (Å²) in [6, 6.07) is 3.76. The van der Waals surface area contributed by atoms with Gasteiger partial charge in [0.25, 0.3) is 0 Å². The maximum atomic E-state index is 10.7. The number of hydrogen-bond acceptors (Lipinski definition) is 2. The van der Waals surface area contributed by atoms with Crippen molar-refractivity contribution in [1.29, 1.82) is 0 Å². The van der Waals surface area contributed by atoms with Crippen molar-refractivity contribution in [3.05, 3.63) is 28.3 Å². The van der Waals surface area contributed by atoms with Crippen LogP contribution in [0.5, 0.6) is 5.75 Å². The number of hydrogen-bond donors (Lipinski definition) is 1. The standard InChI is InChI=1S/C14H19ClO3/c1-9-7-12(18-4)10(8-11(9)15)14(2,3)6-5-13(16)17/h7-8H,5-6H2,1-4H3,(H,16,17). The lowest BCUT2D eigenvalue weighted by molar-refractivity contribution is -0.137. The fourth-order valence-corrected chi connectivity index (χ4v) is 2.07. The number of methoxy groups -OCH3 is 1. The van der Waals surface area contributed by atoms with Crippen LogP contribution in [0.3, 0.4) is 0 Å². The lowest BCUT2D eigenvalue weighted by Gasteiger charge is -2.27. The Balaban J connectivity index is 3.13. The molecule has 0 spiro atoms. The second-order valence-electron chi connectivity index (χ2n) is 5.08. The molecule has 0 amide bonds. The largest absolute Gasteiger partial charge is 0.496 e. The van der Waals surface area contributed by atoms with Gasteiger partial charge in [-0.1, -0.05) is 25.4 Å². The third-order valence-electron chi connectivity index (χ3n) is 3.17. The zero-order valence-corrected chi connectivity index (χ0v) is 12.0.